The van der Waals surface area contributed by atoms with E-state index in [1.165, 1.54) is 11.8 Å². The van der Waals surface area contributed by atoms with Crippen LogP contribution in [-0.4, -0.2) is 29.3 Å². The molecule has 1 rings (SSSR count). The van der Waals surface area contributed by atoms with E-state index in [0.29, 0.717) is 5.75 Å². The molecule has 0 saturated heterocycles. The monoisotopic (exact) mass is 239 g/mol. The van der Waals surface area contributed by atoms with Gasteiger partial charge in [0.2, 0.25) is 0 Å². The van der Waals surface area contributed by atoms with Gasteiger partial charge >= 0.3 is 6.09 Å². The summed E-state index contributed by atoms with van der Waals surface area (Å²) in [7, 11) is 0. The van der Waals surface area contributed by atoms with Gasteiger partial charge in [0.05, 0.1) is 0 Å². The van der Waals surface area contributed by atoms with Gasteiger partial charge in [-0.2, -0.15) is 0 Å². The Morgan fingerprint density at radius 1 is 1.44 bits per heavy atom. The number of carboxylic acid groups (broad SMARTS) is 1. The molecule has 5 heteroatoms. The van der Waals surface area contributed by atoms with Crippen LogP contribution < -0.4 is 5.32 Å². The number of benzene rings is 1. The van der Waals surface area contributed by atoms with Gasteiger partial charge in [0.15, 0.2) is 0 Å². The number of rotatable bonds is 6. The summed E-state index contributed by atoms with van der Waals surface area (Å²) in [6, 6.07) is 9.32. The SMILES string of the molecule is O=CC[C@H](CSc1ccccc1)NC(=O)O. The average molecular weight is 239 g/mol. The molecule has 1 atom stereocenters. The van der Waals surface area contributed by atoms with Crippen molar-refractivity contribution in [2.24, 2.45) is 0 Å². The second-order valence-corrected chi connectivity index (χ2v) is 4.27. The van der Waals surface area contributed by atoms with E-state index in [1.807, 2.05) is 30.3 Å². The van der Waals surface area contributed by atoms with Gasteiger partial charge < -0.3 is 15.2 Å². The molecule has 0 fully saturated rings. The summed E-state index contributed by atoms with van der Waals surface area (Å²) < 4.78 is 0. The van der Waals surface area contributed by atoms with Crippen molar-refractivity contribution in [1.82, 2.24) is 5.32 Å². The molecule has 0 spiro atoms. The molecule has 0 saturated carbocycles. The van der Waals surface area contributed by atoms with Crippen LogP contribution in [-0.2, 0) is 4.79 Å². The molecule has 0 aliphatic rings. The number of nitrogens with one attached hydrogen (secondary N) is 1. The largest absolute Gasteiger partial charge is 0.465 e. The van der Waals surface area contributed by atoms with Crippen LogP contribution in [0, 0.1) is 0 Å². The number of carbonyl (C=O) groups excluding carboxylic acids is 1. The maximum Gasteiger partial charge on any atom is 0.404 e. The van der Waals surface area contributed by atoms with Gasteiger partial charge in [-0.25, -0.2) is 4.79 Å². The first kappa shape index (κ1) is 12.6. The standard InChI is InChI=1S/C11H13NO3S/c13-7-6-9(12-11(14)15)8-16-10-4-2-1-3-5-10/h1-5,7,9,12H,6,8H2,(H,14,15)/t9-/m1/s1. The highest BCUT2D eigenvalue weighted by atomic mass is 32.2. The van der Waals surface area contributed by atoms with Crippen LogP contribution >= 0.6 is 11.8 Å². The molecule has 86 valence electrons. The van der Waals surface area contributed by atoms with Crippen LogP contribution in [0.2, 0.25) is 0 Å². The van der Waals surface area contributed by atoms with Crippen LogP contribution in [0.4, 0.5) is 4.79 Å². The Hall–Kier alpha value is -1.49. The molecule has 0 aliphatic heterocycles. The lowest BCUT2D eigenvalue weighted by Crippen LogP contribution is -2.35. The zero-order chi connectivity index (χ0) is 11.8. The summed E-state index contributed by atoms with van der Waals surface area (Å²) in [5.41, 5.74) is 0. The van der Waals surface area contributed by atoms with Crippen LogP contribution in [0.1, 0.15) is 6.42 Å². The number of hydrogen-bond donors (Lipinski definition) is 2. The van der Waals surface area contributed by atoms with Crippen molar-refractivity contribution in [2.45, 2.75) is 17.4 Å². The number of amides is 1. The molecular formula is C11H13NO3S. The Kier molecular flexibility index (Phi) is 5.42. The molecule has 1 aromatic rings. The van der Waals surface area contributed by atoms with Crippen molar-refractivity contribution in [1.29, 1.82) is 0 Å². The minimum atomic E-state index is -1.10. The Bertz CT molecular complexity index is 342. The van der Waals surface area contributed by atoms with E-state index < -0.39 is 6.09 Å². The van der Waals surface area contributed by atoms with Gasteiger partial charge in [-0.1, -0.05) is 18.2 Å². The Balaban J connectivity index is 2.43. The lowest BCUT2D eigenvalue weighted by Gasteiger charge is -2.13. The Morgan fingerprint density at radius 3 is 2.69 bits per heavy atom. The molecule has 0 radical (unpaired) electrons. The van der Waals surface area contributed by atoms with E-state index in [9.17, 15) is 9.59 Å². The predicted octanol–water partition coefficient (Wildman–Crippen LogP) is 2.00. The van der Waals surface area contributed by atoms with Gasteiger partial charge in [0, 0.05) is 23.1 Å². The van der Waals surface area contributed by atoms with Gasteiger partial charge in [0.1, 0.15) is 6.29 Å². The van der Waals surface area contributed by atoms with Crippen molar-refractivity contribution in [3.05, 3.63) is 30.3 Å². The summed E-state index contributed by atoms with van der Waals surface area (Å²) >= 11 is 1.53. The summed E-state index contributed by atoms with van der Waals surface area (Å²) in [4.78, 5) is 21.9. The topological polar surface area (TPSA) is 66.4 Å². The fraction of sp³-hybridized carbons (Fsp3) is 0.273. The van der Waals surface area contributed by atoms with Gasteiger partial charge in [-0.05, 0) is 12.1 Å². The average Bonchev–Trinajstić information content (AvgIpc) is 2.27. The number of thioether (sulfide) groups is 1. The first-order chi connectivity index (χ1) is 7.72. The highest BCUT2D eigenvalue weighted by Gasteiger charge is 2.11. The third-order valence-electron chi connectivity index (χ3n) is 1.90. The summed E-state index contributed by atoms with van der Waals surface area (Å²) in [5, 5.41) is 10.9. The first-order valence-corrected chi connectivity index (χ1v) is 5.82. The van der Waals surface area contributed by atoms with Crippen molar-refractivity contribution in [2.75, 3.05) is 5.75 Å². The maximum absolute atomic E-state index is 10.5. The van der Waals surface area contributed by atoms with E-state index in [1.54, 1.807) is 0 Å². The molecular weight excluding hydrogens is 226 g/mol. The minimum absolute atomic E-state index is 0.201. The van der Waals surface area contributed by atoms with Crippen molar-refractivity contribution >= 4 is 24.1 Å². The van der Waals surface area contributed by atoms with E-state index in [0.717, 1.165) is 11.2 Å². The minimum Gasteiger partial charge on any atom is -0.465 e. The lowest BCUT2D eigenvalue weighted by atomic mass is 10.2. The normalized spacial score (nSPS) is 11.8. The molecule has 0 aromatic heterocycles. The van der Waals surface area contributed by atoms with Gasteiger partial charge in [-0.3, -0.25) is 0 Å². The number of aldehydes is 1. The molecule has 2 N–H and O–H groups in total. The van der Waals surface area contributed by atoms with E-state index in [2.05, 4.69) is 5.32 Å². The third-order valence-corrected chi connectivity index (χ3v) is 3.08. The van der Waals surface area contributed by atoms with E-state index in [-0.39, 0.29) is 12.5 Å². The fourth-order valence-corrected chi connectivity index (χ4v) is 2.14. The molecule has 0 heterocycles. The Morgan fingerprint density at radius 2 is 2.12 bits per heavy atom. The third kappa shape index (κ3) is 4.84. The van der Waals surface area contributed by atoms with Crippen molar-refractivity contribution < 1.29 is 14.7 Å². The van der Waals surface area contributed by atoms with Crippen molar-refractivity contribution in [3.8, 4) is 0 Å². The maximum atomic E-state index is 10.5. The predicted molar refractivity (Wildman–Crippen MR) is 62.8 cm³/mol. The Labute approximate surface area is 98.0 Å². The molecule has 1 aromatic carbocycles. The summed E-state index contributed by atoms with van der Waals surface area (Å²) in [6.07, 6.45) is -0.168. The molecule has 4 nitrogen and oxygen atoms in total. The molecule has 0 unspecified atom stereocenters. The van der Waals surface area contributed by atoms with Gasteiger partial charge in [-0.15, -0.1) is 11.8 Å². The number of hydrogen-bond acceptors (Lipinski definition) is 3. The van der Waals surface area contributed by atoms with E-state index >= 15 is 0 Å². The zero-order valence-electron chi connectivity index (χ0n) is 8.63. The summed E-state index contributed by atoms with van der Waals surface area (Å²) in [6.45, 7) is 0. The highest BCUT2D eigenvalue weighted by Crippen LogP contribution is 2.18. The van der Waals surface area contributed by atoms with Gasteiger partial charge in [0.25, 0.3) is 0 Å². The quantitative estimate of drug-likeness (QED) is 0.588. The molecule has 16 heavy (non-hydrogen) atoms. The van der Waals surface area contributed by atoms with Crippen molar-refractivity contribution in [3.63, 3.8) is 0 Å². The van der Waals surface area contributed by atoms with E-state index in [4.69, 9.17) is 5.11 Å². The smallest absolute Gasteiger partial charge is 0.404 e. The molecule has 0 aliphatic carbocycles. The fourth-order valence-electron chi connectivity index (χ4n) is 1.17. The zero-order valence-corrected chi connectivity index (χ0v) is 9.44. The number of carbonyl (C=O) groups is 2. The highest BCUT2D eigenvalue weighted by molar-refractivity contribution is 7.99. The second-order valence-electron chi connectivity index (χ2n) is 3.17. The summed E-state index contributed by atoms with van der Waals surface area (Å²) in [5.74, 6) is 0.551. The van der Waals surface area contributed by atoms with Crippen LogP contribution in [0.15, 0.2) is 35.2 Å². The van der Waals surface area contributed by atoms with Crippen LogP contribution in [0.25, 0.3) is 0 Å². The molecule has 0 bridgehead atoms. The lowest BCUT2D eigenvalue weighted by molar-refractivity contribution is -0.108. The van der Waals surface area contributed by atoms with Crippen LogP contribution in [0.5, 0.6) is 0 Å². The second kappa shape index (κ2) is 6.90. The van der Waals surface area contributed by atoms with Crippen LogP contribution in [0.3, 0.4) is 0 Å². The molecule has 1 amide bonds. The first-order valence-electron chi connectivity index (χ1n) is 4.83.